The molecule has 0 aliphatic heterocycles. The van der Waals surface area contributed by atoms with Gasteiger partial charge >= 0.3 is 24.4 Å². The third kappa shape index (κ3) is 20.1. The van der Waals surface area contributed by atoms with Crippen LogP contribution in [0.15, 0.2) is 204 Å². The van der Waals surface area contributed by atoms with Gasteiger partial charge in [-0.05, 0) is 129 Å². The lowest BCUT2D eigenvalue weighted by atomic mass is 9.84. The van der Waals surface area contributed by atoms with Gasteiger partial charge in [0.15, 0.2) is 0 Å². The Labute approximate surface area is 551 Å². The van der Waals surface area contributed by atoms with Gasteiger partial charge in [0, 0.05) is 62.1 Å². The number of carbonyl (C=O) groups excluding carboxylic acids is 6. The Kier molecular flexibility index (Phi) is 24.2. The van der Waals surface area contributed by atoms with Crippen LogP contribution >= 0.6 is 23.5 Å². The topological polar surface area (TPSA) is 194 Å². The minimum atomic E-state index is -1.12. The molecule has 4 N–H and O–H groups in total. The van der Waals surface area contributed by atoms with E-state index in [0.717, 1.165) is 33.4 Å². The van der Waals surface area contributed by atoms with Gasteiger partial charge in [0.1, 0.15) is 22.4 Å². The molecule has 0 heterocycles. The molecule has 0 aromatic heterocycles. The van der Waals surface area contributed by atoms with E-state index in [2.05, 4.69) is 21.3 Å². The number of ether oxygens (including phenoxy) is 4. The Morgan fingerprint density at radius 3 is 0.674 bits per heavy atom. The van der Waals surface area contributed by atoms with E-state index in [1.165, 1.54) is 23.5 Å². The van der Waals surface area contributed by atoms with Gasteiger partial charge in [-0.15, -0.1) is 23.5 Å². The lowest BCUT2D eigenvalue weighted by Crippen LogP contribution is -2.45. The monoisotopic (exact) mass is 1280 g/mol. The number of nitrogens with one attached hydrogen (secondary N) is 4. The van der Waals surface area contributed by atoms with Crippen molar-refractivity contribution in [2.45, 2.75) is 125 Å². The highest BCUT2D eigenvalue weighted by molar-refractivity contribution is 8.01. The Morgan fingerprint density at radius 1 is 0.315 bits per heavy atom. The summed E-state index contributed by atoms with van der Waals surface area (Å²) >= 11 is 2.79. The lowest BCUT2D eigenvalue weighted by Gasteiger charge is -2.38. The Bertz CT molecular complexity index is 3060. The number of amides is 6. The van der Waals surface area contributed by atoms with Gasteiger partial charge in [-0.25, -0.2) is 19.2 Å². The summed E-state index contributed by atoms with van der Waals surface area (Å²) in [4.78, 5) is 90.5. The van der Waals surface area contributed by atoms with Crippen LogP contribution in [0.5, 0.6) is 0 Å². The van der Waals surface area contributed by atoms with Crippen molar-refractivity contribution in [1.82, 2.24) is 31.1 Å². The van der Waals surface area contributed by atoms with E-state index in [-0.39, 0.29) is 63.5 Å². The molecule has 0 bridgehead atoms. The molecule has 0 fully saturated rings. The molecule has 6 amide bonds. The molecule has 0 unspecified atom stereocenters. The van der Waals surface area contributed by atoms with Crippen LogP contribution < -0.4 is 21.3 Å². The van der Waals surface area contributed by atoms with Gasteiger partial charge in [-0.3, -0.25) is 9.59 Å². The molecule has 16 nitrogen and oxygen atoms in total. The molecule has 0 aliphatic carbocycles. The van der Waals surface area contributed by atoms with E-state index in [1.54, 1.807) is 105 Å². The fourth-order valence-electron chi connectivity index (χ4n) is 10.2. The first-order chi connectivity index (χ1) is 43.6. The zero-order chi connectivity index (χ0) is 66.7. The molecule has 0 saturated carbocycles. The van der Waals surface area contributed by atoms with Crippen LogP contribution in [0.4, 0.5) is 19.2 Å². The van der Waals surface area contributed by atoms with Crippen molar-refractivity contribution in [2.75, 3.05) is 52.4 Å². The van der Waals surface area contributed by atoms with Crippen molar-refractivity contribution in [3.8, 4) is 0 Å². The van der Waals surface area contributed by atoms with Crippen LogP contribution in [0.3, 0.4) is 0 Å². The largest absolute Gasteiger partial charge is 0.444 e. The molecule has 0 saturated heterocycles. The zero-order valence-electron chi connectivity index (χ0n) is 54.9. The summed E-state index contributed by atoms with van der Waals surface area (Å²) in [5.74, 6) is -0.976. The van der Waals surface area contributed by atoms with Crippen LogP contribution in [0.1, 0.15) is 137 Å². The first kappa shape index (κ1) is 70.7. The van der Waals surface area contributed by atoms with Crippen LogP contribution in [0, 0.1) is 0 Å². The van der Waals surface area contributed by atoms with Crippen molar-refractivity contribution < 1.29 is 47.7 Å². The summed E-state index contributed by atoms with van der Waals surface area (Å²) in [6.07, 6.45) is -2.73. The molecule has 92 heavy (non-hydrogen) atoms. The second-order valence-electron chi connectivity index (χ2n) is 25.9. The van der Waals surface area contributed by atoms with Crippen LogP contribution in [-0.2, 0) is 28.4 Å². The van der Waals surface area contributed by atoms with Gasteiger partial charge in [0.25, 0.3) is 11.8 Å². The Morgan fingerprint density at radius 2 is 0.500 bits per heavy atom. The highest BCUT2D eigenvalue weighted by Gasteiger charge is 2.43. The van der Waals surface area contributed by atoms with Crippen molar-refractivity contribution in [3.05, 3.63) is 239 Å². The first-order valence-corrected chi connectivity index (χ1v) is 32.6. The molecule has 18 heteroatoms. The normalized spacial score (nSPS) is 12.0. The van der Waals surface area contributed by atoms with E-state index >= 15 is 9.59 Å². The highest BCUT2D eigenvalue weighted by Crippen LogP contribution is 2.56. The molecule has 7 aromatic carbocycles. The Hall–Kier alpha value is -8.74. The fraction of sp³-hybridized carbons (Fsp3) is 0.351. The van der Waals surface area contributed by atoms with E-state index in [9.17, 15) is 19.2 Å². The predicted octanol–water partition coefficient (Wildman–Crippen LogP) is 14.8. The maximum absolute atomic E-state index is 16.6. The standard InChI is InChI=1S/C74H88N6O10S2/c1-69(2,3)87-65(83)75-43-47-79(48-44-76-66(84)88-70(4,5)6)63(81)59-51-62(92-74(56-37-25-16-26-38-56,57-39-27-17-28-40-57)58-41-29-18-30-42-58)60(64(82)80(49-45-77-67(85)89-71(7,8)9)50-46-78-68(86)90-72(10,11)12)52-61(59)91-73(53-31-19-13-20-32-53,54-33-21-14-22-34-54)55-35-23-15-24-36-55/h13-42,51-52H,43-50H2,1-12H3,(H,75,83)(H,76,84)(H,77,85)(H,78,86). The van der Waals surface area contributed by atoms with Gasteiger partial charge < -0.3 is 50.0 Å². The quantitative estimate of drug-likeness (QED) is 0.0254. The predicted molar refractivity (Wildman–Crippen MR) is 365 cm³/mol. The maximum atomic E-state index is 16.6. The average molecular weight is 1290 g/mol. The second kappa shape index (κ2) is 31.5. The van der Waals surface area contributed by atoms with Gasteiger partial charge in [-0.2, -0.15) is 0 Å². The highest BCUT2D eigenvalue weighted by atomic mass is 32.2. The van der Waals surface area contributed by atoms with Gasteiger partial charge in [0.05, 0.1) is 20.6 Å². The molecule has 7 rings (SSSR count). The summed E-state index contributed by atoms with van der Waals surface area (Å²) in [5.41, 5.74) is 2.35. The zero-order valence-corrected chi connectivity index (χ0v) is 56.6. The second-order valence-corrected chi connectivity index (χ2v) is 28.4. The number of alkyl carbamates (subject to hydrolysis) is 4. The molecule has 0 aliphatic rings. The SMILES string of the molecule is CC(C)(C)OC(=O)NCCN(CCNC(=O)OC(C)(C)C)C(=O)c1cc(SC(c2ccccc2)(c2ccccc2)c2ccccc2)c(C(=O)N(CCNC(=O)OC(C)(C)C)CCNC(=O)OC(C)(C)C)cc1SC(c1ccccc1)(c1ccccc1)c1ccccc1. The van der Waals surface area contributed by atoms with Crippen molar-refractivity contribution in [2.24, 2.45) is 0 Å². The number of thioether (sulfide) groups is 2. The van der Waals surface area contributed by atoms with Crippen LogP contribution in [-0.4, -0.2) is 121 Å². The number of hydrogen-bond acceptors (Lipinski definition) is 12. The van der Waals surface area contributed by atoms with E-state index in [1.807, 2.05) is 182 Å². The fourth-order valence-corrected chi connectivity index (χ4v) is 13.2. The third-order valence-corrected chi connectivity index (χ3v) is 17.1. The van der Waals surface area contributed by atoms with Crippen molar-refractivity contribution >= 4 is 59.7 Å². The van der Waals surface area contributed by atoms with Crippen LogP contribution in [0.2, 0.25) is 0 Å². The summed E-state index contributed by atoms with van der Waals surface area (Å²) < 4.78 is 20.3. The summed E-state index contributed by atoms with van der Waals surface area (Å²) in [6.45, 7) is 20.8. The van der Waals surface area contributed by atoms with Gasteiger partial charge in [0.2, 0.25) is 0 Å². The van der Waals surface area contributed by atoms with Crippen molar-refractivity contribution in [3.63, 3.8) is 0 Å². The third-order valence-electron chi connectivity index (χ3n) is 13.9. The van der Waals surface area contributed by atoms with E-state index in [4.69, 9.17) is 18.9 Å². The van der Waals surface area contributed by atoms with E-state index in [0.29, 0.717) is 9.79 Å². The van der Waals surface area contributed by atoms with E-state index < -0.39 is 68.1 Å². The maximum Gasteiger partial charge on any atom is 0.407 e. The number of nitrogens with zero attached hydrogens (tertiary/aromatic N) is 2. The molecular formula is C74H88N6O10S2. The van der Waals surface area contributed by atoms with Crippen LogP contribution in [0.25, 0.3) is 0 Å². The molecule has 7 aromatic rings. The molecular weight excluding hydrogens is 1200 g/mol. The van der Waals surface area contributed by atoms with Gasteiger partial charge in [-0.1, -0.05) is 182 Å². The number of hydrogen-bond donors (Lipinski definition) is 4. The molecule has 0 spiro atoms. The first-order valence-electron chi connectivity index (χ1n) is 30.9. The summed E-state index contributed by atoms with van der Waals surface area (Å²) in [7, 11) is 0. The lowest BCUT2D eigenvalue weighted by molar-refractivity contribution is 0.0492. The molecule has 0 radical (unpaired) electrons. The average Bonchev–Trinajstić information content (AvgIpc) is 0.746. The summed E-state index contributed by atoms with van der Waals surface area (Å²) in [6, 6.07) is 63.5. The molecule has 0 atom stereocenters. The molecule has 486 valence electrons. The Balaban J connectivity index is 1.57. The number of benzene rings is 7. The number of carbonyl (C=O) groups is 6. The van der Waals surface area contributed by atoms with Crippen molar-refractivity contribution in [1.29, 1.82) is 0 Å². The minimum Gasteiger partial charge on any atom is -0.444 e. The smallest absolute Gasteiger partial charge is 0.407 e. The minimum absolute atomic E-state index is 0.0432. The summed E-state index contributed by atoms with van der Waals surface area (Å²) in [5, 5.41) is 11.3. The number of rotatable bonds is 24.